The molecule has 1 aromatic heterocycles. The molecule has 2 heterocycles. The fraction of sp³-hybridized carbons (Fsp3) is 0.524. The number of aryl methyl sites for hydroxylation is 1. The minimum Gasteiger partial charge on any atom is -0.356 e. The van der Waals surface area contributed by atoms with Gasteiger partial charge in [0.05, 0.1) is 4.90 Å². The lowest BCUT2D eigenvalue weighted by Gasteiger charge is -2.30. The summed E-state index contributed by atoms with van der Waals surface area (Å²) in [6.07, 6.45) is 5.54. The first-order valence-electron chi connectivity index (χ1n) is 10.2. The summed E-state index contributed by atoms with van der Waals surface area (Å²) in [7, 11) is -3.51. The summed E-state index contributed by atoms with van der Waals surface area (Å²) in [5, 5.41) is 7.10. The Morgan fingerprint density at radius 1 is 1.21 bits per heavy atom. The molecule has 3 rings (SSSR count). The summed E-state index contributed by atoms with van der Waals surface area (Å²) < 4.78 is 29.1. The molecule has 1 saturated heterocycles. The molecule has 1 amide bonds. The highest BCUT2D eigenvalue weighted by molar-refractivity contribution is 7.89. The number of nitrogens with zero attached hydrogens (tertiary/aromatic N) is 3. The second-order valence-electron chi connectivity index (χ2n) is 7.82. The molecule has 7 nitrogen and oxygen atoms in total. The number of carbonyl (C=O) groups is 1. The Kier molecular flexibility index (Phi) is 7.08. The van der Waals surface area contributed by atoms with Crippen molar-refractivity contribution >= 4 is 15.9 Å². The fourth-order valence-electron chi connectivity index (χ4n) is 3.56. The molecule has 0 atom stereocenters. The lowest BCUT2D eigenvalue weighted by Crippen LogP contribution is -2.43. The highest BCUT2D eigenvalue weighted by Gasteiger charge is 2.31. The summed E-state index contributed by atoms with van der Waals surface area (Å²) in [6, 6.07) is 8.99. The summed E-state index contributed by atoms with van der Waals surface area (Å²) in [6.45, 7) is 6.27. The third-order valence-corrected chi connectivity index (χ3v) is 7.34. The third-order valence-electron chi connectivity index (χ3n) is 5.43. The van der Waals surface area contributed by atoms with Crippen molar-refractivity contribution < 1.29 is 13.2 Å². The monoisotopic (exact) mass is 418 g/mol. The van der Waals surface area contributed by atoms with E-state index in [2.05, 4.69) is 24.3 Å². The van der Waals surface area contributed by atoms with E-state index in [1.54, 1.807) is 18.3 Å². The second-order valence-corrected chi connectivity index (χ2v) is 9.75. The highest BCUT2D eigenvalue weighted by Crippen LogP contribution is 2.25. The van der Waals surface area contributed by atoms with Crippen LogP contribution in [0.5, 0.6) is 0 Å². The first-order valence-corrected chi connectivity index (χ1v) is 11.7. The molecule has 8 heteroatoms. The molecule has 0 bridgehead atoms. The molecule has 1 aromatic carbocycles. The lowest BCUT2D eigenvalue weighted by molar-refractivity contribution is -0.126. The van der Waals surface area contributed by atoms with E-state index in [0.29, 0.717) is 43.3 Å². The van der Waals surface area contributed by atoms with Gasteiger partial charge in [0.2, 0.25) is 15.9 Å². The quantitative estimate of drug-likeness (QED) is 0.668. The van der Waals surface area contributed by atoms with Gasteiger partial charge in [-0.1, -0.05) is 26.0 Å². The molecule has 2 aromatic rings. The van der Waals surface area contributed by atoms with Crippen molar-refractivity contribution in [1.82, 2.24) is 19.4 Å². The Balaban J connectivity index is 1.46. The van der Waals surface area contributed by atoms with Crippen LogP contribution in [0.25, 0.3) is 0 Å². The van der Waals surface area contributed by atoms with Crippen LogP contribution >= 0.6 is 0 Å². The summed E-state index contributed by atoms with van der Waals surface area (Å²) in [5.41, 5.74) is 1.12. The molecule has 1 aliphatic heterocycles. The van der Waals surface area contributed by atoms with Gasteiger partial charge >= 0.3 is 0 Å². The molecule has 29 heavy (non-hydrogen) atoms. The van der Waals surface area contributed by atoms with Crippen LogP contribution in [0.1, 0.15) is 44.6 Å². The SMILES string of the molecule is CC(C)c1ccc(S(=O)(=O)N2CCC(C(=O)NCCCn3cccn3)CC2)cc1. The molecule has 158 valence electrons. The number of rotatable bonds is 8. The normalized spacial score (nSPS) is 16.2. The van der Waals surface area contributed by atoms with Crippen molar-refractivity contribution in [2.24, 2.45) is 5.92 Å². The maximum atomic E-state index is 12.9. The van der Waals surface area contributed by atoms with E-state index in [9.17, 15) is 13.2 Å². The Bertz CT molecular complexity index is 885. The topological polar surface area (TPSA) is 84.3 Å². The van der Waals surface area contributed by atoms with Crippen LogP contribution in [0.2, 0.25) is 0 Å². The summed E-state index contributed by atoms with van der Waals surface area (Å²) >= 11 is 0. The van der Waals surface area contributed by atoms with Gasteiger partial charge in [0.1, 0.15) is 0 Å². The Morgan fingerprint density at radius 2 is 1.90 bits per heavy atom. The van der Waals surface area contributed by atoms with Crippen molar-refractivity contribution in [3.05, 3.63) is 48.3 Å². The molecule has 0 spiro atoms. The van der Waals surface area contributed by atoms with Gasteiger partial charge in [-0.3, -0.25) is 9.48 Å². The largest absolute Gasteiger partial charge is 0.356 e. The molecule has 1 aliphatic rings. The lowest BCUT2D eigenvalue weighted by atomic mass is 9.97. The van der Waals surface area contributed by atoms with Gasteiger partial charge in [-0.25, -0.2) is 8.42 Å². The van der Waals surface area contributed by atoms with Crippen molar-refractivity contribution in [2.75, 3.05) is 19.6 Å². The minimum atomic E-state index is -3.51. The third kappa shape index (κ3) is 5.45. The Hall–Kier alpha value is -2.19. The van der Waals surface area contributed by atoms with Gasteiger partial charge in [0, 0.05) is 44.5 Å². The zero-order valence-corrected chi connectivity index (χ0v) is 17.9. The van der Waals surface area contributed by atoms with Crippen LogP contribution in [0.15, 0.2) is 47.6 Å². The van der Waals surface area contributed by atoms with E-state index in [0.717, 1.165) is 18.5 Å². The maximum absolute atomic E-state index is 12.9. The Labute approximate surface area is 173 Å². The van der Waals surface area contributed by atoms with Crippen molar-refractivity contribution in [3.8, 4) is 0 Å². The zero-order valence-electron chi connectivity index (χ0n) is 17.1. The van der Waals surface area contributed by atoms with Crippen molar-refractivity contribution in [1.29, 1.82) is 0 Å². The molecule has 0 radical (unpaired) electrons. The molecule has 0 saturated carbocycles. The van der Waals surface area contributed by atoms with Crippen LogP contribution in [0.4, 0.5) is 0 Å². The average Bonchev–Trinajstić information content (AvgIpc) is 3.25. The number of nitrogens with one attached hydrogen (secondary N) is 1. The number of piperidine rings is 1. The number of benzene rings is 1. The van der Waals surface area contributed by atoms with Gasteiger partial charge in [-0.05, 0) is 48.9 Å². The van der Waals surface area contributed by atoms with E-state index in [1.807, 2.05) is 29.1 Å². The first kappa shape index (κ1) is 21.5. The molecule has 1 fully saturated rings. The molecule has 0 aliphatic carbocycles. The molecule has 0 unspecified atom stereocenters. The van der Waals surface area contributed by atoms with Crippen LogP contribution in [-0.2, 0) is 21.4 Å². The highest BCUT2D eigenvalue weighted by atomic mass is 32.2. The predicted molar refractivity (Wildman–Crippen MR) is 112 cm³/mol. The first-order chi connectivity index (χ1) is 13.9. The summed E-state index contributed by atoms with van der Waals surface area (Å²) in [4.78, 5) is 12.7. The standard InChI is InChI=1S/C21H30N4O3S/c1-17(2)18-5-7-20(8-6-18)29(27,28)25-15-9-19(10-16-25)21(26)22-11-3-13-24-14-4-12-23-24/h4-8,12,14,17,19H,3,9-11,13,15-16H2,1-2H3,(H,22,26). The minimum absolute atomic E-state index is 0.0174. The van der Waals surface area contributed by atoms with Crippen molar-refractivity contribution in [3.63, 3.8) is 0 Å². The van der Waals surface area contributed by atoms with E-state index < -0.39 is 10.0 Å². The predicted octanol–water partition coefficient (Wildman–Crippen LogP) is 2.61. The summed E-state index contributed by atoms with van der Waals surface area (Å²) in [5.74, 6) is 0.249. The van der Waals surface area contributed by atoms with E-state index in [1.165, 1.54) is 4.31 Å². The van der Waals surface area contributed by atoms with Crippen molar-refractivity contribution in [2.45, 2.75) is 50.5 Å². The maximum Gasteiger partial charge on any atom is 0.243 e. The van der Waals surface area contributed by atoms with E-state index in [4.69, 9.17) is 0 Å². The van der Waals surface area contributed by atoms with Crippen LogP contribution in [0.3, 0.4) is 0 Å². The van der Waals surface area contributed by atoms with Gasteiger partial charge in [0.15, 0.2) is 0 Å². The number of sulfonamides is 1. The Morgan fingerprint density at radius 3 is 2.48 bits per heavy atom. The number of carbonyl (C=O) groups excluding carboxylic acids is 1. The van der Waals surface area contributed by atoms with E-state index >= 15 is 0 Å². The fourth-order valence-corrected chi connectivity index (χ4v) is 5.03. The second kappa shape index (κ2) is 9.54. The van der Waals surface area contributed by atoms with Crippen LogP contribution in [0, 0.1) is 5.92 Å². The molecular weight excluding hydrogens is 388 g/mol. The number of aromatic nitrogens is 2. The zero-order chi connectivity index (χ0) is 20.9. The number of amides is 1. The average molecular weight is 419 g/mol. The molecular formula is C21H30N4O3S. The number of hydrogen-bond acceptors (Lipinski definition) is 4. The van der Waals surface area contributed by atoms with Crippen LogP contribution < -0.4 is 5.32 Å². The molecule has 1 N–H and O–H groups in total. The van der Waals surface area contributed by atoms with Gasteiger partial charge in [0.25, 0.3) is 0 Å². The van der Waals surface area contributed by atoms with Gasteiger partial charge < -0.3 is 5.32 Å². The van der Waals surface area contributed by atoms with Gasteiger partial charge in [-0.15, -0.1) is 0 Å². The van der Waals surface area contributed by atoms with Gasteiger partial charge in [-0.2, -0.15) is 9.40 Å². The smallest absolute Gasteiger partial charge is 0.243 e. The number of hydrogen-bond donors (Lipinski definition) is 1. The van der Waals surface area contributed by atoms with Crippen LogP contribution in [-0.4, -0.2) is 48.0 Å². The van der Waals surface area contributed by atoms with E-state index in [-0.39, 0.29) is 11.8 Å².